The molecule has 152 valence electrons. The molecule has 4 rings (SSSR count). The molecule has 7 heteroatoms. The van der Waals surface area contributed by atoms with Gasteiger partial charge in [-0.05, 0) is 41.0 Å². The van der Waals surface area contributed by atoms with Crippen LogP contribution >= 0.6 is 11.6 Å². The van der Waals surface area contributed by atoms with Gasteiger partial charge in [-0.3, -0.25) is 14.5 Å². The number of imide groups is 1. The van der Waals surface area contributed by atoms with E-state index in [0.29, 0.717) is 10.6 Å². The Balaban J connectivity index is 1.51. The maximum Gasteiger partial charge on any atom is 0.325 e. The van der Waals surface area contributed by atoms with E-state index in [1.165, 1.54) is 0 Å². The Labute approximate surface area is 178 Å². The van der Waals surface area contributed by atoms with E-state index in [4.69, 9.17) is 11.6 Å². The maximum absolute atomic E-state index is 13.2. The zero-order chi connectivity index (χ0) is 21.3. The number of hydrogen-bond donors (Lipinski definition) is 2. The van der Waals surface area contributed by atoms with Crippen molar-refractivity contribution in [3.8, 4) is 0 Å². The molecule has 30 heavy (non-hydrogen) atoms. The van der Waals surface area contributed by atoms with Gasteiger partial charge in [0.05, 0.1) is 0 Å². The molecule has 1 aliphatic heterocycles. The minimum Gasteiger partial charge on any atom is -0.350 e. The molecule has 1 heterocycles. The van der Waals surface area contributed by atoms with Gasteiger partial charge in [-0.1, -0.05) is 66.2 Å². The summed E-state index contributed by atoms with van der Waals surface area (Å²) in [6.45, 7) is 1.56. The van der Waals surface area contributed by atoms with Crippen LogP contribution in [0.15, 0.2) is 66.7 Å². The van der Waals surface area contributed by atoms with Crippen molar-refractivity contribution in [1.82, 2.24) is 15.5 Å². The van der Waals surface area contributed by atoms with Crippen molar-refractivity contribution in [3.05, 3.63) is 82.9 Å². The lowest BCUT2D eigenvalue weighted by Gasteiger charge is -2.24. The smallest absolute Gasteiger partial charge is 0.325 e. The summed E-state index contributed by atoms with van der Waals surface area (Å²) in [6, 6.07) is 19.8. The van der Waals surface area contributed by atoms with Gasteiger partial charge in [0.25, 0.3) is 5.91 Å². The van der Waals surface area contributed by atoms with E-state index in [1.807, 2.05) is 48.5 Å². The minimum absolute atomic E-state index is 0.254. The van der Waals surface area contributed by atoms with E-state index in [0.717, 1.165) is 21.2 Å². The number of amides is 4. The molecule has 1 saturated heterocycles. The molecule has 0 spiro atoms. The molecule has 1 aliphatic rings. The van der Waals surface area contributed by atoms with Gasteiger partial charge in [0.1, 0.15) is 12.1 Å². The second kappa shape index (κ2) is 7.80. The molecule has 1 unspecified atom stereocenters. The van der Waals surface area contributed by atoms with Crippen LogP contribution in [0.25, 0.3) is 10.8 Å². The number of carbonyl (C=O) groups excluding carboxylic acids is 3. The third kappa shape index (κ3) is 3.62. The highest BCUT2D eigenvalue weighted by molar-refractivity contribution is 6.30. The summed E-state index contributed by atoms with van der Waals surface area (Å²) >= 11 is 5.95. The first-order chi connectivity index (χ1) is 14.4. The van der Waals surface area contributed by atoms with Gasteiger partial charge in [0, 0.05) is 11.6 Å². The fourth-order valence-electron chi connectivity index (χ4n) is 3.73. The number of nitrogens with one attached hydrogen (secondary N) is 2. The molecule has 4 amide bonds. The Hall–Kier alpha value is -3.38. The Kier molecular flexibility index (Phi) is 5.18. The molecule has 0 radical (unpaired) electrons. The summed E-state index contributed by atoms with van der Waals surface area (Å²) in [4.78, 5) is 39.1. The first-order valence-electron chi connectivity index (χ1n) is 9.52. The van der Waals surface area contributed by atoms with Crippen LogP contribution in [-0.2, 0) is 21.7 Å². The number of benzene rings is 3. The molecule has 3 aromatic rings. The average molecular weight is 422 g/mol. The van der Waals surface area contributed by atoms with Crippen LogP contribution in [0, 0.1) is 0 Å². The zero-order valence-electron chi connectivity index (χ0n) is 16.3. The topological polar surface area (TPSA) is 78.5 Å². The highest BCUT2D eigenvalue weighted by Crippen LogP contribution is 2.33. The maximum atomic E-state index is 13.2. The Morgan fingerprint density at radius 1 is 1.07 bits per heavy atom. The lowest BCUT2D eigenvalue weighted by atomic mass is 9.88. The number of rotatable bonds is 5. The third-order valence-electron chi connectivity index (χ3n) is 5.28. The van der Waals surface area contributed by atoms with Gasteiger partial charge >= 0.3 is 6.03 Å². The molecule has 1 fully saturated rings. The lowest BCUT2D eigenvalue weighted by Crippen LogP contribution is -2.43. The summed E-state index contributed by atoms with van der Waals surface area (Å²) in [6.07, 6.45) is 0. The zero-order valence-corrected chi connectivity index (χ0v) is 17.1. The van der Waals surface area contributed by atoms with Gasteiger partial charge in [0.15, 0.2) is 0 Å². The Morgan fingerprint density at radius 2 is 1.80 bits per heavy atom. The van der Waals surface area contributed by atoms with Crippen molar-refractivity contribution in [3.63, 3.8) is 0 Å². The van der Waals surface area contributed by atoms with E-state index in [1.54, 1.807) is 25.1 Å². The highest BCUT2D eigenvalue weighted by Gasteiger charge is 2.50. The van der Waals surface area contributed by atoms with Crippen molar-refractivity contribution in [2.75, 3.05) is 6.54 Å². The quantitative estimate of drug-likeness (QED) is 0.618. The van der Waals surface area contributed by atoms with E-state index >= 15 is 0 Å². The molecular formula is C23H20ClN3O3. The van der Waals surface area contributed by atoms with Gasteiger partial charge in [-0.25, -0.2) is 4.79 Å². The summed E-state index contributed by atoms with van der Waals surface area (Å²) < 4.78 is 0. The predicted octanol–water partition coefficient (Wildman–Crippen LogP) is 3.58. The standard InChI is InChI=1S/C23H20ClN3O3/c1-23(19-11-5-8-16-7-2-3-10-18(16)19)21(29)27(22(30)26-23)14-20(28)25-13-15-6-4-9-17(24)12-15/h2-12H,13-14H2,1H3,(H,25,28)(H,26,30). The van der Waals surface area contributed by atoms with Crippen LogP contribution in [0.3, 0.4) is 0 Å². The second-order valence-corrected chi connectivity index (χ2v) is 7.82. The van der Waals surface area contributed by atoms with Crippen LogP contribution in [0.2, 0.25) is 5.02 Å². The summed E-state index contributed by atoms with van der Waals surface area (Å²) in [5.74, 6) is -0.887. The molecule has 3 aromatic carbocycles. The lowest BCUT2D eigenvalue weighted by molar-refractivity contribution is -0.134. The summed E-state index contributed by atoms with van der Waals surface area (Å²) in [7, 11) is 0. The van der Waals surface area contributed by atoms with Crippen LogP contribution in [-0.4, -0.2) is 29.3 Å². The third-order valence-corrected chi connectivity index (χ3v) is 5.52. The molecule has 6 nitrogen and oxygen atoms in total. The normalized spacial score (nSPS) is 18.5. The van der Waals surface area contributed by atoms with Crippen molar-refractivity contribution in [2.45, 2.75) is 19.0 Å². The first kappa shape index (κ1) is 19.9. The molecule has 0 aromatic heterocycles. The molecular weight excluding hydrogens is 402 g/mol. The van der Waals surface area contributed by atoms with Gasteiger partial charge in [0.2, 0.25) is 5.91 Å². The first-order valence-corrected chi connectivity index (χ1v) is 9.90. The average Bonchev–Trinajstić information content (AvgIpc) is 2.95. The van der Waals surface area contributed by atoms with E-state index in [9.17, 15) is 14.4 Å². The molecule has 2 N–H and O–H groups in total. The Morgan fingerprint density at radius 3 is 2.60 bits per heavy atom. The molecule has 1 atom stereocenters. The van der Waals surface area contributed by atoms with Crippen LogP contribution in [0.1, 0.15) is 18.1 Å². The predicted molar refractivity (Wildman–Crippen MR) is 115 cm³/mol. The van der Waals surface area contributed by atoms with Gasteiger partial charge in [-0.15, -0.1) is 0 Å². The number of urea groups is 1. The fourth-order valence-corrected chi connectivity index (χ4v) is 3.94. The molecule has 0 aliphatic carbocycles. The SMILES string of the molecule is CC1(c2cccc3ccccc23)NC(=O)N(CC(=O)NCc2cccc(Cl)c2)C1=O. The fraction of sp³-hybridized carbons (Fsp3) is 0.174. The molecule has 0 bridgehead atoms. The second-order valence-electron chi connectivity index (χ2n) is 7.38. The van der Waals surface area contributed by atoms with Crippen molar-refractivity contribution in [1.29, 1.82) is 0 Å². The number of hydrogen-bond acceptors (Lipinski definition) is 3. The monoisotopic (exact) mass is 421 g/mol. The van der Waals surface area contributed by atoms with Crippen LogP contribution < -0.4 is 10.6 Å². The van der Waals surface area contributed by atoms with Crippen molar-refractivity contribution >= 4 is 40.2 Å². The van der Waals surface area contributed by atoms with Crippen molar-refractivity contribution in [2.24, 2.45) is 0 Å². The van der Waals surface area contributed by atoms with E-state index in [-0.39, 0.29) is 13.1 Å². The van der Waals surface area contributed by atoms with Gasteiger partial charge < -0.3 is 10.6 Å². The van der Waals surface area contributed by atoms with Crippen molar-refractivity contribution < 1.29 is 14.4 Å². The number of nitrogens with zero attached hydrogens (tertiary/aromatic N) is 1. The largest absolute Gasteiger partial charge is 0.350 e. The molecule has 0 saturated carbocycles. The Bertz CT molecular complexity index is 1160. The van der Waals surface area contributed by atoms with E-state index in [2.05, 4.69) is 10.6 Å². The number of carbonyl (C=O) groups is 3. The summed E-state index contributed by atoms with van der Waals surface area (Å²) in [5, 5.41) is 7.90. The van der Waals surface area contributed by atoms with Crippen LogP contribution in [0.4, 0.5) is 4.79 Å². The minimum atomic E-state index is -1.24. The van der Waals surface area contributed by atoms with E-state index < -0.39 is 23.4 Å². The van der Waals surface area contributed by atoms with Gasteiger partial charge in [-0.2, -0.15) is 0 Å². The summed E-state index contributed by atoms with van der Waals surface area (Å²) in [5.41, 5.74) is 0.278. The highest BCUT2D eigenvalue weighted by atomic mass is 35.5. The number of fused-ring (bicyclic) bond motifs is 1. The van der Waals surface area contributed by atoms with Crippen LogP contribution in [0.5, 0.6) is 0 Å². The number of halogens is 1.